The Morgan fingerprint density at radius 3 is 2.28 bits per heavy atom. The fraction of sp³-hybridized carbons (Fsp3) is 0.281. The van der Waals surface area contributed by atoms with Gasteiger partial charge in [-0.15, -0.1) is 0 Å². The smallest absolute Gasteiger partial charge is 0.426 e. The first-order valence-electron chi connectivity index (χ1n) is 13.7. The van der Waals surface area contributed by atoms with Crippen molar-refractivity contribution in [3.05, 3.63) is 95.6 Å². The second-order valence-electron chi connectivity index (χ2n) is 10.7. The van der Waals surface area contributed by atoms with E-state index in [1.165, 1.54) is 13.1 Å². The molecule has 4 N–H and O–H groups in total. The molecule has 3 rings (SSSR count). The molecule has 11 heteroatoms. The van der Waals surface area contributed by atoms with Crippen molar-refractivity contribution in [3.8, 4) is 0 Å². The molecule has 0 unspecified atom stereocenters. The lowest BCUT2D eigenvalue weighted by Crippen LogP contribution is -2.45. The highest BCUT2D eigenvalue weighted by Gasteiger charge is 2.19. The number of amides is 5. The molecule has 0 heterocycles. The monoisotopic (exact) mass is 587 g/mol. The van der Waals surface area contributed by atoms with Crippen LogP contribution in [0.2, 0.25) is 0 Å². The van der Waals surface area contributed by atoms with Crippen molar-refractivity contribution in [2.75, 3.05) is 13.6 Å². The third-order valence-corrected chi connectivity index (χ3v) is 6.17. The van der Waals surface area contributed by atoms with E-state index in [2.05, 4.69) is 21.4 Å². The standard InChI is InChI=1S/C32H37N5O6/c1-21(24-17-10-14-22-12-6-8-15-25(22)24)35-28(39)26-16-9-7-13-23(26)20-34-30(41)29(40)33-19-11-18-27(38)37(5)36-31(42)43-32(2,3)4/h6-18,21H,19-20H2,1-5H3,(H,33,40)(H,34,41)(H,35,39)(H,36,42)/b18-11+/t21-/m1/s1. The Kier molecular flexibility index (Phi) is 11.0. The third kappa shape index (κ3) is 9.70. The Hall–Kier alpha value is -5.19. The summed E-state index contributed by atoms with van der Waals surface area (Å²) in [5.41, 5.74) is 3.44. The van der Waals surface area contributed by atoms with Crippen molar-refractivity contribution in [2.45, 2.75) is 45.9 Å². The Labute approximate surface area is 250 Å². The predicted molar refractivity (Wildman–Crippen MR) is 162 cm³/mol. The van der Waals surface area contributed by atoms with E-state index in [0.29, 0.717) is 11.1 Å². The Morgan fingerprint density at radius 2 is 1.53 bits per heavy atom. The third-order valence-electron chi connectivity index (χ3n) is 6.17. The molecule has 0 aliphatic carbocycles. The molecule has 0 aliphatic rings. The first-order valence-corrected chi connectivity index (χ1v) is 13.7. The van der Waals surface area contributed by atoms with Crippen molar-refractivity contribution in [1.29, 1.82) is 0 Å². The van der Waals surface area contributed by atoms with E-state index in [1.54, 1.807) is 45.0 Å². The molecule has 0 fully saturated rings. The molecule has 5 amide bonds. The van der Waals surface area contributed by atoms with Gasteiger partial charge in [-0.3, -0.25) is 24.2 Å². The van der Waals surface area contributed by atoms with Gasteiger partial charge in [0.2, 0.25) is 0 Å². The second-order valence-corrected chi connectivity index (χ2v) is 10.7. The van der Waals surface area contributed by atoms with E-state index < -0.39 is 29.4 Å². The van der Waals surface area contributed by atoms with Crippen LogP contribution in [0.4, 0.5) is 4.79 Å². The summed E-state index contributed by atoms with van der Waals surface area (Å²) in [6, 6.07) is 20.4. The highest BCUT2D eigenvalue weighted by atomic mass is 16.6. The van der Waals surface area contributed by atoms with Crippen LogP contribution < -0.4 is 21.4 Å². The number of carbonyl (C=O) groups is 5. The molecule has 11 nitrogen and oxygen atoms in total. The summed E-state index contributed by atoms with van der Waals surface area (Å²) in [5.74, 6) is -2.70. The van der Waals surface area contributed by atoms with E-state index >= 15 is 0 Å². The fourth-order valence-electron chi connectivity index (χ4n) is 4.13. The summed E-state index contributed by atoms with van der Waals surface area (Å²) < 4.78 is 5.07. The molecule has 3 aromatic carbocycles. The maximum absolute atomic E-state index is 13.2. The molecule has 43 heavy (non-hydrogen) atoms. The SMILES string of the molecule is C[C@@H](NC(=O)c1ccccc1CNC(=O)C(=O)NC/C=C/C(=O)N(C)NC(=O)OC(C)(C)C)c1cccc2ccccc12. The van der Waals surface area contributed by atoms with Crippen molar-refractivity contribution in [1.82, 2.24) is 26.4 Å². The first-order chi connectivity index (χ1) is 20.4. The van der Waals surface area contributed by atoms with Crippen LogP contribution in [0, 0.1) is 0 Å². The number of hydrogen-bond donors (Lipinski definition) is 4. The Morgan fingerprint density at radius 1 is 0.884 bits per heavy atom. The van der Waals surface area contributed by atoms with Gasteiger partial charge in [0.15, 0.2) is 0 Å². The lowest BCUT2D eigenvalue weighted by molar-refractivity contribution is -0.139. The Bertz CT molecular complexity index is 1520. The normalized spacial score (nSPS) is 11.8. The van der Waals surface area contributed by atoms with Gasteiger partial charge in [-0.25, -0.2) is 10.2 Å². The van der Waals surface area contributed by atoms with Gasteiger partial charge >= 0.3 is 17.9 Å². The van der Waals surface area contributed by atoms with Crippen molar-refractivity contribution >= 4 is 40.5 Å². The van der Waals surface area contributed by atoms with Gasteiger partial charge in [-0.2, -0.15) is 0 Å². The molecule has 0 saturated carbocycles. The van der Waals surface area contributed by atoms with Crippen LogP contribution in [0.1, 0.15) is 55.2 Å². The number of hydrogen-bond acceptors (Lipinski definition) is 6. The van der Waals surface area contributed by atoms with Gasteiger partial charge in [-0.1, -0.05) is 66.7 Å². The van der Waals surface area contributed by atoms with Gasteiger partial charge < -0.3 is 20.7 Å². The zero-order valence-electron chi connectivity index (χ0n) is 24.9. The molecule has 1 atom stereocenters. The minimum absolute atomic E-state index is 0.0477. The minimum atomic E-state index is -0.913. The van der Waals surface area contributed by atoms with E-state index in [-0.39, 0.29) is 25.0 Å². The minimum Gasteiger partial charge on any atom is -0.443 e. The number of ether oxygens (including phenoxy) is 1. The summed E-state index contributed by atoms with van der Waals surface area (Å²) in [4.78, 5) is 61.7. The molecular formula is C32H37N5O6. The van der Waals surface area contributed by atoms with E-state index in [4.69, 9.17) is 4.74 Å². The van der Waals surface area contributed by atoms with Crippen LogP contribution in [0.15, 0.2) is 78.9 Å². The number of rotatable bonds is 8. The van der Waals surface area contributed by atoms with E-state index in [9.17, 15) is 24.0 Å². The summed E-state index contributed by atoms with van der Waals surface area (Å²) >= 11 is 0. The number of benzene rings is 3. The summed E-state index contributed by atoms with van der Waals surface area (Å²) in [7, 11) is 1.34. The van der Waals surface area contributed by atoms with E-state index in [0.717, 1.165) is 27.4 Å². The van der Waals surface area contributed by atoms with Crippen LogP contribution in [0.25, 0.3) is 10.8 Å². The van der Waals surface area contributed by atoms with Gasteiger partial charge in [0, 0.05) is 31.8 Å². The topological polar surface area (TPSA) is 146 Å². The van der Waals surface area contributed by atoms with Crippen LogP contribution >= 0.6 is 0 Å². The fourth-order valence-corrected chi connectivity index (χ4v) is 4.13. The summed E-state index contributed by atoms with van der Waals surface area (Å²) in [5, 5.41) is 11.0. The lowest BCUT2D eigenvalue weighted by atomic mass is 9.99. The Balaban J connectivity index is 1.50. The number of hydrazine groups is 1. The van der Waals surface area contributed by atoms with E-state index in [1.807, 2.05) is 49.4 Å². The summed E-state index contributed by atoms with van der Waals surface area (Å²) in [6.07, 6.45) is 1.67. The molecule has 0 aliphatic heterocycles. The van der Waals surface area contributed by atoms with Crippen LogP contribution in [0.5, 0.6) is 0 Å². The highest BCUT2D eigenvalue weighted by molar-refractivity contribution is 6.35. The number of likely N-dealkylation sites (N-methyl/N-ethyl adjacent to an activating group) is 1. The molecule has 0 bridgehead atoms. The maximum Gasteiger partial charge on any atom is 0.426 e. The van der Waals surface area contributed by atoms with Crippen molar-refractivity contribution in [3.63, 3.8) is 0 Å². The first kappa shape index (κ1) is 32.3. The van der Waals surface area contributed by atoms with Gasteiger partial charge in [0.25, 0.3) is 11.8 Å². The highest BCUT2D eigenvalue weighted by Crippen LogP contribution is 2.24. The van der Waals surface area contributed by atoms with Crippen molar-refractivity contribution < 1.29 is 28.7 Å². The number of nitrogens with one attached hydrogen (secondary N) is 4. The van der Waals surface area contributed by atoms with Crippen molar-refractivity contribution in [2.24, 2.45) is 0 Å². The molecule has 226 valence electrons. The largest absolute Gasteiger partial charge is 0.443 e. The second kappa shape index (κ2) is 14.6. The average molecular weight is 588 g/mol. The maximum atomic E-state index is 13.2. The lowest BCUT2D eigenvalue weighted by Gasteiger charge is -2.22. The molecule has 3 aromatic rings. The van der Waals surface area contributed by atoms with Gasteiger partial charge in [-0.05, 0) is 55.7 Å². The van der Waals surface area contributed by atoms with Crippen LogP contribution in [-0.4, -0.2) is 53.9 Å². The van der Waals surface area contributed by atoms with Gasteiger partial charge in [0.1, 0.15) is 5.60 Å². The molecular weight excluding hydrogens is 550 g/mol. The molecule has 0 aromatic heterocycles. The molecule has 0 spiro atoms. The average Bonchev–Trinajstić information content (AvgIpc) is 2.96. The number of fused-ring (bicyclic) bond motifs is 1. The number of nitrogens with zero attached hydrogens (tertiary/aromatic N) is 1. The number of carbonyl (C=O) groups excluding carboxylic acids is 5. The summed E-state index contributed by atoms with van der Waals surface area (Å²) in [6.45, 7) is 6.83. The zero-order chi connectivity index (χ0) is 31.6. The quantitative estimate of drug-likeness (QED) is 0.180. The zero-order valence-corrected chi connectivity index (χ0v) is 24.9. The molecule has 0 saturated heterocycles. The van der Waals surface area contributed by atoms with Gasteiger partial charge in [0.05, 0.1) is 6.04 Å². The van der Waals surface area contributed by atoms with Crippen LogP contribution in [0.3, 0.4) is 0 Å². The molecule has 0 radical (unpaired) electrons. The van der Waals surface area contributed by atoms with Crippen LogP contribution in [-0.2, 0) is 25.7 Å². The predicted octanol–water partition coefficient (Wildman–Crippen LogP) is 3.52.